The molecule has 0 bridgehead atoms. The molecular formula is C10H7BrO2S. The first-order valence-electron chi connectivity index (χ1n) is 4.04. The maximum atomic E-state index is 10.8. The standard InChI is InChI=1S/C10H7BrO2S/c11-8-3-1-2-6-7(4-12)9(5-13)14-10(6)8/h1-3,5,12H,4H2. The van der Waals surface area contributed by atoms with E-state index in [0.29, 0.717) is 4.88 Å². The van der Waals surface area contributed by atoms with Gasteiger partial charge in [-0.15, -0.1) is 11.3 Å². The van der Waals surface area contributed by atoms with Crippen molar-refractivity contribution in [3.63, 3.8) is 0 Å². The number of thiophene rings is 1. The molecule has 1 aromatic carbocycles. The van der Waals surface area contributed by atoms with Crippen molar-refractivity contribution >= 4 is 43.6 Å². The lowest BCUT2D eigenvalue weighted by atomic mass is 10.1. The Morgan fingerprint density at radius 3 is 2.93 bits per heavy atom. The van der Waals surface area contributed by atoms with E-state index in [1.807, 2.05) is 18.2 Å². The van der Waals surface area contributed by atoms with E-state index in [9.17, 15) is 4.79 Å². The van der Waals surface area contributed by atoms with Gasteiger partial charge >= 0.3 is 0 Å². The number of aldehydes is 1. The number of fused-ring (bicyclic) bond motifs is 1. The molecule has 0 unspecified atom stereocenters. The Morgan fingerprint density at radius 2 is 2.29 bits per heavy atom. The first-order chi connectivity index (χ1) is 6.77. The SMILES string of the molecule is O=Cc1sc2c(Br)cccc2c1CO. The zero-order valence-corrected chi connectivity index (χ0v) is 9.56. The molecule has 0 aliphatic heterocycles. The zero-order chi connectivity index (χ0) is 10.1. The first-order valence-corrected chi connectivity index (χ1v) is 5.64. The third-order valence-electron chi connectivity index (χ3n) is 2.07. The van der Waals surface area contributed by atoms with Crippen LogP contribution in [-0.2, 0) is 6.61 Å². The van der Waals surface area contributed by atoms with Gasteiger partial charge in [-0.3, -0.25) is 4.79 Å². The van der Waals surface area contributed by atoms with Crippen molar-refractivity contribution in [1.29, 1.82) is 0 Å². The highest BCUT2D eigenvalue weighted by atomic mass is 79.9. The Kier molecular flexibility index (Phi) is 2.67. The molecule has 2 rings (SSSR count). The van der Waals surface area contributed by atoms with Gasteiger partial charge in [0.1, 0.15) is 0 Å². The Balaban J connectivity index is 2.86. The van der Waals surface area contributed by atoms with E-state index < -0.39 is 0 Å². The van der Waals surface area contributed by atoms with E-state index in [1.54, 1.807) is 0 Å². The van der Waals surface area contributed by atoms with Crippen LogP contribution in [0.15, 0.2) is 22.7 Å². The summed E-state index contributed by atoms with van der Waals surface area (Å²) in [7, 11) is 0. The molecule has 0 aliphatic rings. The third kappa shape index (κ3) is 1.39. The van der Waals surface area contributed by atoms with Crippen molar-refractivity contribution < 1.29 is 9.90 Å². The molecule has 0 fully saturated rings. The summed E-state index contributed by atoms with van der Waals surface area (Å²) in [4.78, 5) is 11.4. The van der Waals surface area contributed by atoms with Crippen LogP contribution in [0, 0.1) is 0 Å². The van der Waals surface area contributed by atoms with Crippen LogP contribution in [0.5, 0.6) is 0 Å². The van der Waals surface area contributed by atoms with Gasteiger partial charge < -0.3 is 5.11 Å². The highest BCUT2D eigenvalue weighted by molar-refractivity contribution is 9.10. The van der Waals surface area contributed by atoms with Gasteiger partial charge in [0.2, 0.25) is 0 Å². The highest BCUT2D eigenvalue weighted by Gasteiger charge is 2.11. The minimum Gasteiger partial charge on any atom is -0.392 e. The molecule has 0 amide bonds. The number of aliphatic hydroxyl groups is 1. The van der Waals surface area contributed by atoms with Crippen LogP contribution in [0.25, 0.3) is 10.1 Å². The van der Waals surface area contributed by atoms with Gasteiger partial charge in [0.15, 0.2) is 6.29 Å². The van der Waals surface area contributed by atoms with Crippen LogP contribution < -0.4 is 0 Å². The Bertz CT molecular complexity index is 490. The molecule has 1 aromatic heterocycles. The van der Waals surface area contributed by atoms with E-state index >= 15 is 0 Å². The maximum Gasteiger partial charge on any atom is 0.160 e. The average molecular weight is 271 g/mol. The monoisotopic (exact) mass is 270 g/mol. The fraction of sp³-hybridized carbons (Fsp3) is 0.100. The summed E-state index contributed by atoms with van der Waals surface area (Å²) in [5.74, 6) is 0. The minimum absolute atomic E-state index is 0.0927. The molecule has 0 aliphatic carbocycles. The number of carbonyl (C=O) groups is 1. The van der Waals surface area contributed by atoms with E-state index in [-0.39, 0.29) is 6.61 Å². The van der Waals surface area contributed by atoms with Gasteiger partial charge in [-0.1, -0.05) is 12.1 Å². The molecule has 1 N–H and O–H groups in total. The van der Waals surface area contributed by atoms with E-state index in [1.165, 1.54) is 11.3 Å². The van der Waals surface area contributed by atoms with Gasteiger partial charge in [-0.2, -0.15) is 0 Å². The van der Waals surface area contributed by atoms with Crippen molar-refractivity contribution in [2.24, 2.45) is 0 Å². The van der Waals surface area contributed by atoms with Gasteiger partial charge in [-0.05, 0) is 27.4 Å². The fourth-order valence-electron chi connectivity index (χ4n) is 1.41. The van der Waals surface area contributed by atoms with Crippen LogP contribution in [-0.4, -0.2) is 11.4 Å². The van der Waals surface area contributed by atoms with E-state index in [2.05, 4.69) is 15.9 Å². The van der Waals surface area contributed by atoms with E-state index in [4.69, 9.17) is 5.11 Å². The second-order valence-electron chi connectivity index (χ2n) is 2.84. The second-order valence-corrected chi connectivity index (χ2v) is 4.74. The van der Waals surface area contributed by atoms with Crippen LogP contribution in [0.4, 0.5) is 0 Å². The summed E-state index contributed by atoms with van der Waals surface area (Å²) in [5.41, 5.74) is 0.723. The first kappa shape index (κ1) is 9.83. The minimum atomic E-state index is -0.0927. The maximum absolute atomic E-state index is 10.8. The molecule has 0 saturated heterocycles. The molecule has 4 heteroatoms. The summed E-state index contributed by atoms with van der Waals surface area (Å²) >= 11 is 4.82. The van der Waals surface area contributed by atoms with Gasteiger partial charge in [0.25, 0.3) is 0 Å². The average Bonchev–Trinajstić information content (AvgIpc) is 2.57. The van der Waals surface area contributed by atoms with Crippen LogP contribution >= 0.6 is 27.3 Å². The summed E-state index contributed by atoms with van der Waals surface area (Å²) in [5, 5.41) is 10.1. The molecule has 72 valence electrons. The number of carbonyl (C=O) groups excluding carboxylic acids is 1. The normalized spacial score (nSPS) is 10.7. The number of halogens is 1. The van der Waals surface area contributed by atoms with Crippen LogP contribution in [0.3, 0.4) is 0 Å². The number of benzene rings is 1. The lowest BCUT2D eigenvalue weighted by Crippen LogP contribution is -1.85. The van der Waals surface area contributed by atoms with Gasteiger partial charge in [0, 0.05) is 14.7 Å². The molecule has 2 aromatic rings. The lowest BCUT2D eigenvalue weighted by Gasteiger charge is -1.95. The summed E-state index contributed by atoms with van der Waals surface area (Å²) in [6.45, 7) is -0.0927. The molecule has 0 radical (unpaired) electrons. The molecule has 0 atom stereocenters. The van der Waals surface area contributed by atoms with Crippen molar-refractivity contribution in [3.8, 4) is 0 Å². The number of hydrogen-bond donors (Lipinski definition) is 1. The topological polar surface area (TPSA) is 37.3 Å². The molecule has 0 saturated carbocycles. The third-order valence-corrected chi connectivity index (χ3v) is 4.20. The van der Waals surface area contributed by atoms with E-state index in [0.717, 1.165) is 26.4 Å². The second kappa shape index (κ2) is 3.81. The summed E-state index contributed by atoms with van der Waals surface area (Å²) in [6.07, 6.45) is 0.794. The molecule has 14 heavy (non-hydrogen) atoms. The van der Waals surface area contributed by atoms with Crippen molar-refractivity contribution in [1.82, 2.24) is 0 Å². The predicted octanol–water partition coefficient (Wildman–Crippen LogP) is 2.97. The predicted molar refractivity (Wildman–Crippen MR) is 60.8 cm³/mol. The highest BCUT2D eigenvalue weighted by Crippen LogP contribution is 2.35. The zero-order valence-electron chi connectivity index (χ0n) is 7.16. The Hall–Kier alpha value is -0.710. The largest absolute Gasteiger partial charge is 0.392 e. The summed E-state index contributed by atoms with van der Waals surface area (Å²) in [6, 6.07) is 5.73. The number of rotatable bonds is 2. The molecule has 1 heterocycles. The van der Waals surface area contributed by atoms with Gasteiger partial charge in [0.05, 0.1) is 11.5 Å². The molecule has 2 nitrogen and oxygen atoms in total. The number of aliphatic hydroxyl groups excluding tert-OH is 1. The van der Waals surface area contributed by atoms with Crippen molar-refractivity contribution in [3.05, 3.63) is 33.1 Å². The van der Waals surface area contributed by atoms with Crippen LogP contribution in [0.1, 0.15) is 15.2 Å². The van der Waals surface area contributed by atoms with Crippen molar-refractivity contribution in [2.75, 3.05) is 0 Å². The number of hydrogen-bond acceptors (Lipinski definition) is 3. The fourth-order valence-corrected chi connectivity index (χ4v) is 3.05. The lowest BCUT2D eigenvalue weighted by molar-refractivity contribution is 0.112. The molecular weight excluding hydrogens is 264 g/mol. The Labute approximate surface area is 93.3 Å². The Morgan fingerprint density at radius 1 is 1.50 bits per heavy atom. The van der Waals surface area contributed by atoms with Gasteiger partial charge in [-0.25, -0.2) is 0 Å². The summed E-state index contributed by atoms with van der Waals surface area (Å²) < 4.78 is 1.97. The quantitative estimate of drug-likeness (QED) is 0.852. The van der Waals surface area contributed by atoms with Crippen LogP contribution in [0.2, 0.25) is 0 Å². The smallest absolute Gasteiger partial charge is 0.160 e. The molecule has 0 spiro atoms. The van der Waals surface area contributed by atoms with Crippen molar-refractivity contribution in [2.45, 2.75) is 6.61 Å².